The van der Waals surface area contributed by atoms with Gasteiger partial charge in [-0.3, -0.25) is 9.69 Å². The molecule has 0 amide bonds. The summed E-state index contributed by atoms with van der Waals surface area (Å²) in [5.74, 6) is 0.616. The number of carbonyl (C=O) groups excluding carboxylic acids is 1. The van der Waals surface area contributed by atoms with E-state index in [4.69, 9.17) is 9.47 Å². The predicted molar refractivity (Wildman–Crippen MR) is 76.8 cm³/mol. The molecule has 2 rings (SSSR count). The standard InChI is InChI=1S/C15H22N2O3/c18-15(13-17-9-4-7-16-8-10-17)20-12-11-19-14-5-2-1-3-6-14/h1-3,5-6,16H,4,7-13H2. The van der Waals surface area contributed by atoms with Gasteiger partial charge in [-0.25, -0.2) is 0 Å². The summed E-state index contributed by atoms with van der Waals surface area (Å²) in [4.78, 5) is 13.8. The third-order valence-corrected chi connectivity index (χ3v) is 3.14. The van der Waals surface area contributed by atoms with Gasteiger partial charge in [0.2, 0.25) is 0 Å². The largest absolute Gasteiger partial charge is 0.490 e. The molecule has 0 unspecified atom stereocenters. The van der Waals surface area contributed by atoms with Gasteiger partial charge in [0.15, 0.2) is 0 Å². The summed E-state index contributed by atoms with van der Waals surface area (Å²) in [6.45, 7) is 4.85. The van der Waals surface area contributed by atoms with Crippen LogP contribution in [0.1, 0.15) is 6.42 Å². The Kier molecular flexibility index (Phi) is 6.34. The maximum absolute atomic E-state index is 11.7. The second-order valence-electron chi connectivity index (χ2n) is 4.76. The van der Waals surface area contributed by atoms with Crippen molar-refractivity contribution < 1.29 is 14.3 Å². The summed E-state index contributed by atoms with van der Waals surface area (Å²) < 4.78 is 10.6. The summed E-state index contributed by atoms with van der Waals surface area (Å²) in [6.07, 6.45) is 1.07. The molecular formula is C15H22N2O3. The number of rotatable bonds is 6. The molecule has 110 valence electrons. The highest BCUT2D eigenvalue weighted by molar-refractivity contribution is 5.71. The first-order valence-corrected chi connectivity index (χ1v) is 7.11. The Hall–Kier alpha value is -1.59. The normalized spacial score (nSPS) is 16.4. The first-order chi connectivity index (χ1) is 9.84. The Morgan fingerprint density at radius 1 is 1.15 bits per heavy atom. The van der Waals surface area contributed by atoms with E-state index in [0.29, 0.717) is 19.8 Å². The Balaban J connectivity index is 1.58. The lowest BCUT2D eigenvalue weighted by molar-refractivity contribution is -0.145. The zero-order valence-corrected chi connectivity index (χ0v) is 11.7. The molecule has 5 heteroatoms. The van der Waals surface area contributed by atoms with Gasteiger partial charge in [0, 0.05) is 13.1 Å². The van der Waals surface area contributed by atoms with Gasteiger partial charge in [-0.2, -0.15) is 0 Å². The number of nitrogens with one attached hydrogen (secondary N) is 1. The van der Waals surface area contributed by atoms with E-state index < -0.39 is 0 Å². The minimum Gasteiger partial charge on any atom is -0.490 e. The molecule has 0 spiro atoms. The fraction of sp³-hybridized carbons (Fsp3) is 0.533. The molecule has 1 aliphatic rings. The quantitative estimate of drug-likeness (QED) is 0.619. The van der Waals surface area contributed by atoms with Crippen molar-refractivity contribution in [2.24, 2.45) is 0 Å². The van der Waals surface area contributed by atoms with Crippen LogP contribution >= 0.6 is 0 Å². The minimum absolute atomic E-state index is 0.177. The summed E-state index contributed by atoms with van der Waals surface area (Å²) in [7, 11) is 0. The number of hydrogen-bond acceptors (Lipinski definition) is 5. The van der Waals surface area contributed by atoms with E-state index in [0.717, 1.165) is 38.3 Å². The number of ether oxygens (including phenoxy) is 2. The zero-order chi connectivity index (χ0) is 14.0. The van der Waals surface area contributed by atoms with Crippen molar-refractivity contribution in [2.45, 2.75) is 6.42 Å². The Morgan fingerprint density at radius 3 is 2.85 bits per heavy atom. The molecule has 0 bridgehead atoms. The fourth-order valence-electron chi connectivity index (χ4n) is 2.12. The highest BCUT2D eigenvalue weighted by Gasteiger charge is 2.13. The predicted octanol–water partition coefficient (Wildman–Crippen LogP) is 0.904. The second kappa shape index (κ2) is 8.55. The van der Waals surface area contributed by atoms with Crippen molar-refractivity contribution >= 4 is 5.97 Å². The Bertz CT molecular complexity index is 389. The van der Waals surface area contributed by atoms with Crippen LogP contribution in [0.3, 0.4) is 0 Å². The minimum atomic E-state index is -0.177. The first-order valence-electron chi connectivity index (χ1n) is 7.11. The third-order valence-electron chi connectivity index (χ3n) is 3.14. The van der Waals surface area contributed by atoms with E-state index in [-0.39, 0.29) is 5.97 Å². The lowest BCUT2D eigenvalue weighted by atomic mass is 10.3. The number of carbonyl (C=O) groups is 1. The molecule has 1 aromatic rings. The highest BCUT2D eigenvalue weighted by Crippen LogP contribution is 2.07. The van der Waals surface area contributed by atoms with Crippen molar-refractivity contribution in [3.05, 3.63) is 30.3 Å². The summed E-state index contributed by atoms with van der Waals surface area (Å²) in [5, 5.41) is 3.31. The van der Waals surface area contributed by atoms with Gasteiger partial charge in [-0.1, -0.05) is 18.2 Å². The molecular weight excluding hydrogens is 256 g/mol. The topological polar surface area (TPSA) is 50.8 Å². The molecule has 1 aromatic carbocycles. The van der Waals surface area contributed by atoms with Gasteiger partial charge in [-0.15, -0.1) is 0 Å². The summed E-state index contributed by atoms with van der Waals surface area (Å²) in [6, 6.07) is 9.52. The molecule has 5 nitrogen and oxygen atoms in total. The van der Waals surface area contributed by atoms with Crippen molar-refractivity contribution in [3.8, 4) is 5.75 Å². The van der Waals surface area contributed by atoms with Gasteiger partial charge in [0.05, 0.1) is 6.54 Å². The van der Waals surface area contributed by atoms with Crippen molar-refractivity contribution in [2.75, 3.05) is 45.9 Å². The Labute approximate surface area is 119 Å². The molecule has 1 saturated heterocycles. The van der Waals surface area contributed by atoms with Crippen molar-refractivity contribution in [1.82, 2.24) is 10.2 Å². The third kappa shape index (κ3) is 5.59. The number of para-hydroxylation sites is 1. The van der Waals surface area contributed by atoms with E-state index in [2.05, 4.69) is 10.2 Å². The summed E-state index contributed by atoms with van der Waals surface area (Å²) >= 11 is 0. The molecule has 0 atom stereocenters. The second-order valence-corrected chi connectivity index (χ2v) is 4.76. The molecule has 0 aromatic heterocycles. The van der Waals surface area contributed by atoms with Crippen molar-refractivity contribution in [1.29, 1.82) is 0 Å². The van der Waals surface area contributed by atoms with Crippen LogP contribution in [0.4, 0.5) is 0 Å². The van der Waals surface area contributed by atoms with Crippen LogP contribution in [-0.4, -0.2) is 56.8 Å². The number of nitrogens with zero attached hydrogens (tertiary/aromatic N) is 1. The van der Waals surface area contributed by atoms with E-state index in [1.165, 1.54) is 0 Å². The number of hydrogen-bond donors (Lipinski definition) is 1. The molecule has 0 radical (unpaired) electrons. The summed E-state index contributed by atoms with van der Waals surface area (Å²) in [5.41, 5.74) is 0. The van der Waals surface area contributed by atoms with E-state index in [1.807, 2.05) is 30.3 Å². The van der Waals surface area contributed by atoms with Crippen LogP contribution in [0, 0.1) is 0 Å². The molecule has 0 saturated carbocycles. The number of benzene rings is 1. The average Bonchev–Trinajstić information content (AvgIpc) is 2.73. The van der Waals surface area contributed by atoms with Gasteiger partial charge < -0.3 is 14.8 Å². The molecule has 1 heterocycles. The lowest BCUT2D eigenvalue weighted by Crippen LogP contribution is -2.34. The van der Waals surface area contributed by atoms with Crippen LogP contribution < -0.4 is 10.1 Å². The van der Waals surface area contributed by atoms with Crippen LogP contribution in [0.25, 0.3) is 0 Å². The van der Waals surface area contributed by atoms with E-state index in [9.17, 15) is 4.79 Å². The van der Waals surface area contributed by atoms with Crippen LogP contribution in [-0.2, 0) is 9.53 Å². The molecule has 1 N–H and O–H groups in total. The number of esters is 1. The van der Waals surface area contributed by atoms with Crippen LogP contribution in [0.15, 0.2) is 30.3 Å². The first kappa shape index (κ1) is 14.8. The average molecular weight is 278 g/mol. The maximum atomic E-state index is 11.7. The molecule has 1 aliphatic heterocycles. The molecule has 1 fully saturated rings. The van der Waals surface area contributed by atoms with E-state index >= 15 is 0 Å². The fourth-order valence-corrected chi connectivity index (χ4v) is 2.12. The van der Waals surface area contributed by atoms with E-state index in [1.54, 1.807) is 0 Å². The maximum Gasteiger partial charge on any atom is 0.320 e. The Morgan fingerprint density at radius 2 is 2.00 bits per heavy atom. The lowest BCUT2D eigenvalue weighted by Gasteiger charge is -2.18. The van der Waals surface area contributed by atoms with Crippen molar-refractivity contribution in [3.63, 3.8) is 0 Å². The molecule has 0 aliphatic carbocycles. The van der Waals surface area contributed by atoms with Crippen LogP contribution in [0.5, 0.6) is 5.75 Å². The zero-order valence-electron chi connectivity index (χ0n) is 11.7. The smallest absolute Gasteiger partial charge is 0.320 e. The van der Waals surface area contributed by atoms with Gasteiger partial charge in [0.1, 0.15) is 19.0 Å². The van der Waals surface area contributed by atoms with Gasteiger partial charge in [-0.05, 0) is 31.6 Å². The SMILES string of the molecule is O=C(CN1CCCNCC1)OCCOc1ccccc1. The van der Waals surface area contributed by atoms with Gasteiger partial charge in [0.25, 0.3) is 0 Å². The monoisotopic (exact) mass is 278 g/mol. The highest BCUT2D eigenvalue weighted by atomic mass is 16.6. The van der Waals surface area contributed by atoms with Gasteiger partial charge >= 0.3 is 5.97 Å². The van der Waals surface area contributed by atoms with Crippen LogP contribution in [0.2, 0.25) is 0 Å². The molecule has 20 heavy (non-hydrogen) atoms.